The van der Waals surface area contributed by atoms with Crippen LogP contribution < -0.4 is 10.4 Å². The number of benzene rings is 3. The molecule has 0 spiro atoms. The summed E-state index contributed by atoms with van der Waals surface area (Å²) in [5.74, 6) is 0.542. The number of fused-ring (bicyclic) bond motifs is 3. The summed E-state index contributed by atoms with van der Waals surface area (Å²) in [6, 6.07) is 28.3. The Balaban J connectivity index is 1.81. The fraction of sp³-hybridized carbons (Fsp3) is 0.250. The summed E-state index contributed by atoms with van der Waals surface area (Å²) in [7, 11) is 0. The molecule has 3 nitrogen and oxygen atoms in total. The highest BCUT2D eigenvalue weighted by Gasteiger charge is 2.53. The Morgan fingerprint density at radius 2 is 1.42 bits per heavy atom. The number of para-hydroxylation sites is 1. The van der Waals surface area contributed by atoms with Crippen molar-refractivity contribution in [3.8, 4) is 5.75 Å². The van der Waals surface area contributed by atoms with E-state index in [-0.39, 0.29) is 11.5 Å². The smallest absolute Gasteiger partial charge is 0.343 e. The molecule has 0 amide bonds. The topological polar surface area (TPSA) is 39.4 Å². The van der Waals surface area contributed by atoms with Crippen molar-refractivity contribution >= 4 is 11.0 Å². The van der Waals surface area contributed by atoms with Crippen LogP contribution in [0.2, 0.25) is 0 Å². The normalized spacial score (nSPS) is 16.7. The van der Waals surface area contributed by atoms with Gasteiger partial charge in [0.25, 0.3) is 0 Å². The van der Waals surface area contributed by atoms with E-state index in [9.17, 15) is 4.79 Å². The third kappa shape index (κ3) is 3.16. The van der Waals surface area contributed by atoms with Crippen molar-refractivity contribution in [2.75, 3.05) is 0 Å². The van der Waals surface area contributed by atoms with Crippen molar-refractivity contribution in [1.82, 2.24) is 0 Å². The average Bonchev–Trinajstić information content (AvgIpc) is 3.18. The van der Waals surface area contributed by atoms with Gasteiger partial charge in [0.2, 0.25) is 0 Å². The summed E-state index contributed by atoms with van der Waals surface area (Å²) in [5.41, 5.74) is 2.30. The van der Waals surface area contributed by atoms with Crippen molar-refractivity contribution < 1.29 is 9.15 Å². The molecule has 1 unspecified atom stereocenters. The quantitative estimate of drug-likeness (QED) is 0.259. The van der Waals surface area contributed by atoms with Crippen LogP contribution in [0.5, 0.6) is 5.75 Å². The maximum atomic E-state index is 13.3. The monoisotopic (exact) mass is 410 g/mol. The molecule has 3 heteroatoms. The zero-order valence-electron chi connectivity index (χ0n) is 17.7. The number of hydrogen-bond acceptors (Lipinski definition) is 3. The summed E-state index contributed by atoms with van der Waals surface area (Å²) in [4.78, 5) is 13.3. The Morgan fingerprint density at radius 3 is 2.06 bits per heavy atom. The van der Waals surface area contributed by atoms with Crippen molar-refractivity contribution in [2.24, 2.45) is 0 Å². The second-order valence-electron chi connectivity index (χ2n) is 8.25. The lowest BCUT2D eigenvalue weighted by Gasteiger charge is -2.36. The maximum absolute atomic E-state index is 13.3. The number of rotatable bonds is 6. The minimum Gasteiger partial charge on any atom is -0.476 e. The van der Waals surface area contributed by atoms with E-state index in [1.165, 1.54) is 0 Å². The molecule has 1 aromatic heterocycles. The molecular weight excluding hydrogens is 384 g/mol. The SMILES string of the molecule is CCCCCC1c2c(c3ccccc3oc2=O)OC1(c1ccccc1)c1ccccc1. The van der Waals surface area contributed by atoms with E-state index < -0.39 is 5.60 Å². The van der Waals surface area contributed by atoms with Crippen LogP contribution in [0.4, 0.5) is 0 Å². The highest BCUT2D eigenvalue weighted by molar-refractivity contribution is 5.85. The van der Waals surface area contributed by atoms with E-state index in [4.69, 9.17) is 9.15 Å². The van der Waals surface area contributed by atoms with Crippen LogP contribution >= 0.6 is 0 Å². The highest BCUT2D eigenvalue weighted by Crippen LogP contribution is 2.56. The molecule has 1 atom stereocenters. The summed E-state index contributed by atoms with van der Waals surface area (Å²) in [5, 5.41) is 0.853. The third-order valence-electron chi connectivity index (χ3n) is 6.40. The van der Waals surface area contributed by atoms with Crippen molar-refractivity contribution in [2.45, 2.75) is 44.1 Å². The molecular formula is C28H26O3. The lowest BCUT2D eigenvalue weighted by atomic mass is 9.72. The van der Waals surface area contributed by atoms with Crippen LogP contribution in [0.25, 0.3) is 11.0 Å². The number of ether oxygens (including phenoxy) is 1. The summed E-state index contributed by atoms with van der Waals surface area (Å²) in [6.45, 7) is 2.20. The first-order valence-corrected chi connectivity index (χ1v) is 11.1. The Morgan fingerprint density at radius 1 is 0.806 bits per heavy atom. The molecule has 2 heterocycles. The van der Waals surface area contributed by atoms with Gasteiger partial charge in [-0.1, -0.05) is 99.0 Å². The van der Waals surface area contributed by atoms with E-state index in [1.807, 2.05) is 60.7 Å². The minimum atomic E-state index is -0.766. The molecule has 1 aliphatic heterocycles. The van der Waals surface area contributed by atoms with E-state index in [1.54, 1.807) is 0 Å². The molecule has 5 rings (SSSR count). The van der Waals surface area contributed by atoms with Crippen LogP contribution in [-0.2, 0) is 5.60 Å². The van der Waals surface area contributed by atoms with Crippen LogP contribution in [0.1, 0.15) is 55.2 Å². The van der Waals surface area contributed by atoms with Gasteiger partial charge in [0.1, 0.15) is 11.3 Å². The lowest BCUT2D eigenvalue weighted by Crippen LogP contribution is -2.37. The zero-order chi connectivity index (χ0) is 21.3. The zero-order valence-corrected chi connectivity index (χ0v) is 17.7. The van der Waals surface area contributed by atoms with Gasteiger partial charge in [0.05, 0.1) is 10.9 Å². The second-order valence-corrected chi connectivity index (χ2v) is 8.25. The van der Waals surface area contributed by atoms with Gasteiger partial charge in [-0.3, -0.25) is 0 Å². The Hall–Kier alpha value is -3.33. The molecule has 0 saturated carbocycles. The van der Waals surface area contributed by atoms with Gasteiger partial charge >= 0.3 is 5.63 Å². The summed E-state index contributed by atoms with van der Waals surface area (Å²) >= 11 is 0. The predicted molar refractivity (Wildman–Crippen MR) is 124 cm³/mol. The van der Waals surface area contributed by atoms with Gasteiger partial charge in [-0.15, -0.1) is 0 Å². The molecule has 0 aliphatic carbocycles. The molecule has 0 bridgehead atoms. The molecule has 156 valence electrons. The molecule has 1 aliphatic rings. The Bertz CT molecular complexity index is 1200. The van der Waals surface area contributed by atoms with E-state index in [2.05, 4.69) is 31.2 Å². The van der Waals surface area contributed by atoms with E-state index in [0.717, 1.165) is 42.2 Å². The standard InChI is InChI=1S/C28H26O3/c1-2-3-6-18-23-25-26(22-17-11-12-19-24(22)30-27(25)29)31-28(23,20-13-7-4-8-14-20)21-15-9-5-10-16-21/h4-5,7-17,19,23H,2-3,6,18H2,1H3. The fourth-order valence-electron chi connectivity index (χ4n) is 4.99. The number of hydrogen-bond donors (Lipinski definition) is 0. The average molecular weight is 411 g/mol. The first-order chi connectivity index (χ1) is 15.3. The van der Waals surface area contributed by atoms with Gasteiger partial charge in [-0.25, -0.2) is 4.79 Å². The molecule has 3 aromatic carbocycles. The van der Waals surface area contributed by atoms with Gasteiger partial charge in [-0.2, -0.15) is 0 Å². The first-order valence-electron chi connectivity index (χ1n) is 11.1. The van der Waals surface area contributed by atoms with Crippen molar-refractivity contribution in [3.63, 3.8) is 0 Å². The minimum absolute atomic E-state index is 0.125. The van der Waals surface area contributed by atoms with Gasteiger partial charge in [0, 0.05) is 17.0 Å². The predicted octanol–water partition coefficient (Wildman–Crippen LogP) is 6.79. The molecule has 0 fully saturated rings. The molecule has 0 N–H and O–H groups in total. The molecule has 0 saturated heterocycles. The highest BCUT2D eigenvalue weighted by atomic mass is 16.5. The van der Waals surface area contributed by atoms with Crippen LogP contribution in [0, 0.1) is 0 Å². The van der Waals surface area contributed by atoms with Crippen LogP contribution in [0.3, 0.4) is 0 Å². The summed E-state index contributed by atoms with van der Waals surface area (Å²) in [6.07, 6.45) is 4.12. The summed E-state index contributed by atoms with van der Waals surface area (Å²) < 4.78 is 12.7. The Labute approximate surface area is 182 Å². The third-order valence-corrected chi connectivity index (χ3v) is 6.40. The lowest BCUT2D eigenvalue weighted by molar-refractivity contribution is 0.107. The van der Waals surface area contributed by atoms with Gasteiger partial charge in [0.15, 0.2) is 5.60 Å². The second kappa shape index (κ2) is 8.07. The fourth-order valence-corrected chi connectivity index (χ4v) is 4.99. The van der Waals surface area contributed by atoms with Gasteiger partial charge < -0.3 is 9.15 Å². The van der Waals surface area contributed by atoms with Crippen molar-refractivity contribution in [3.05, 3.63) is 112 Å². The number of unbranched alkanes of at least 4 members (excludes halogenated alkanes) is 2. The van der Waals surface area contributed by atoms with Crippen LogP contribution in [0.15, 0.2) is 94.1 Å². The van der Waals surface area contributed by atoms with Crippen molar-refractivity contribution in [1.29, 1.82) is 0 Å². The van der Waals surface area contributed by atoms with Crippen LogP contribution in [-0.4, -0.2) is 0 Å². The van der Waals surface area contributed by atoms with Gasteiger partial charge in [-0.05, 0) is 18.6 Å². The molecule has 31 heavy (non-hydrogen) atoms. The molecule has 4 aromatic rings. The maximum Gasteiger partial charge on any atom is 0.343 e. The largest absolute Gasteiger partial charge is 0.476 e. The van der Waals surface area contributed by atoms with E-state index >= 15 is 0 Å². The Kier molecular flexibility index (Phi) is 5.11. The first kappa shape index (κ1) is 19.6. The van der Waals surface area contributed by atoms with E-state index in [0.29, 0.717) is 16.9 Å². The molecule has 0 radical (unpaired) electrons.